The van der Waals surface area contributed by atoms with Gasteiger partial charge in [-0.2, -0.15) is 0 Å². The molecule has 0 bridgehead atoms. The number of carbonyl (C=O) groups excluding carboxylic acids is 1. The molecule has 0 amide bonds. The zero-order chi connectivity index (χ0) is 14.2. The topological polar surface area (TPSA) is 46.5 Å². The Morgan fingerprint density at radius 2 is 1.65 bits per heavy atom. The molecule has 4 heteroatoms. The second-order valence-electron chi connectivity index (χ2n) is 3.93. The Hall–Kier alpha value is -2.20. The lowest BCUT2D eigenvalue weighted by molar-refractivity contribution is -0.116. The zero-order valence-electron chi connectivity index (χ0n) is 10.7. The number of aliphatic hydroxyl groups excluding tert-OH is 1. The van der Waals surface area contributed by atoms with E-state index >= 15 is 0 Å². The third-order valence-corrected chi connectivity index (χ3v) is 3.54. The number of para-hydroxylation sites is 1. The fourth-order valence-electron chi connectivity index (χ4n) is 1.51. The number of ketones is 1. The predicted molar refractivity (Wildman–Crippen MR) is 80.0 cm³/mol. The largest absolute Gasteiger partial charge is 0.514 e. The highest BCUT2D eigenvalue weighted by atomic mass is 32.2. The second kappa shape index (κ2) is 7.40. The second-order valence-corrected chi connectivity index (χ2v) is 5.05. The van der Waals surface area contributed by atoms with Crippen LogP contribution >= 0.6 is 11.8 Å². The molecule has 0 unspecified atom stereocenters. The van der Waals surface area contributed by atoms with Crippen LogP contribution in [0.4, 0.5) is 0 Å². The van der Waals surface area contributed by atoms with Crippen molar-refractivity contribution in [1.82, 2.24) is 0 Å². The molecule has 2 aromatic rings. The van der Waals surface area contributed by atoms with Gasteiger partial charge in [0.25, 0.3) is 0 Å². The Bertz CT molecular complexity index is 579. The van der Waals surface area contributed by atoms with Gasteiger partial charge in [0.05, 0.1) is 11.2 Å². The monoisotopic (exact) mass is 286 g/mol. The molecule has 0 aliphatic rings. The minimum Gasteiger partial charge on any atom is -0.514 e. The maximum atomic E-state index is 12.0. The third-order valence-electron chi connectivity index (χ3n) is 2.48. The quantitative estimate of drug-likeness (QED) is 0.498. The number of rotatable bonds is 6. The molecule has 0 atom stereocenters. The van der Waals surface area contributed by atoms with Crippen LogP contribution in [0.3, 0.4) is 0 Å². The highest BCUT2D eigenvalue weighted by molar-refractivity contribution is 8.04. The SMILES string of the molecule is O=C(COc1ccccc1)/C(=C/O)Sc1ccccc1. The Morgan fingerprint density at radius 3 is 2.25 bits per heavy atom. The van der Waals surface area contributed by atoms with E-state index in [1.807, 2.05) is 48.5 Å². The summed E-state index contributed by atoms with van der Waals surface area (Å²) >= 11 is 1.21. The van der Waals surface area contributed by atoms with Gasteiger partial charge in [-0.3, -0.25) is 4.79 Å². The number of thioether (sulfide) groups is 1. The van der Waals surface area contributed by atoms with Gasteiger partial charge in [0.2, 0.25) is 5.78 Å². The van der Waals surface area contributed by atoms with E-state index in [4.69, 9.17) is 4.74 Å². The van der Waals surface area contributed by atoms with Gasteiger partial charge >= 0.3 is 0 Å². The van der Waals surface area contributed by atoms with Crippen LogP contribution in [-0.2, 0) is 4.79 Å². The molecule has 20 heavy (non-hydrogen) atoms. The van der Waals surface area contributed by atoms with Crippen LogP contribution in [0.1, 0.15) is 0 Å². The number of hydrogen-bond donors (Lipinski definition) is 1. The van der Waals surface area contributed by atoms with Gasteiger partial charge in [0, 0.05) is 4.90 Å². The van der Waals surface area contributed by atoms with Gasteiger partial charge in [-0.15, -0.1) is 0 Å². The highest BCUT2D eigenvalue weighted by Crippen LogP contribution is 2.26. The number of benzene rings is 2. The average molecular weight is 286 g/mol. The van der Waals surface area contributed by atoms with Crippen molar-refractivity contribution in [1.29, 1.82) is 0 Å². The molecule has 0 saturated carbocycles. The smallest absolute Gasteiger partial charge is 0.209 e. The van der Waals surface area contributed by atoms with Gasteiger partial charge in [0.1, 0.15) is 5.75 Å². The summed E-state index contributed by atoms with van der Waals surface area (Å²) in [7, 11) is 0. The van der Waals surface area contributed by atoms with Crippen LogP contribution in [0, 0.1) is 0 Å². The summed E-state index contributed by atoms with van der Waals surface area (Å²) in [4.78, 5) is 13.1. The summed E-state index contributed by atoms with van der Waals surface area (Å²) in [6, 6.07) is 18.5. The molecule has 0 saturated heterocycles. The molecule has 102 valence electrons. The van der Waals surface area contributed by atoms with Crippen molar-refractivity contribution in [3.05, 3.63) is 71.8 Å². The van der Waals surface area contributed by atoms with Crippen LogP contribution in [0.2, 0.25) is 0 Å². The molecule has 0 radical (unpaired) electrons. The lowest BCUT2D eigenvalue weighted by atomic mass is 10.3. The van der Waals surface area contributed by atoms with E-state index in [9.17, 15) is 9.90 Å². The van der Waals surface area contributed by atoms with E-state index in [1.54, 1.807) is 12.1 Å². The van der Waals surface area contributed by atoms with Gasteiger partial charge in [0.15, 0.2) is 6.61 Å². The number of Topliss-reactive ketones (excluding diaryl/α,β-unsaturated/α-hetero) is 1. The summed E-state index contributed by atoms with van der Waals surface area (Å²) in [5.74, 6) is 0.369. The molecule has 0 fully saturated rings. The van der Waals surface area contributed by atoms with E-state index in [1.165, 1.54) is 11.8 Å². The van der Waals surface area contributed by atoms with Crippen molar-refractivity contribution >= 4 is 17.5 Å². The average Bonchev–Trinajstić information content (AvgIpc) is 2.52. The van der Waals surface area contributed by atoms with E-state index in [2.05, 4.69) is 0 Å². The Kier molecular flexibility index (Phi) is 5.26. The van der Waals surface area contributed by atoms with E-state index in [0.717, 1.165) is 11.2 Å². The predicted octanol–water partition coefficient (Wildman–Crippen LogP) is 3.83. The Labute approximate surface area is 121 Å². The molecule has 1 N–H and O–H groups in total. The van der Waals surface area contributed by atoms with Crippen molar-refractivity contribution in [3.8, 4) is 5.75 Å². The van der Waals surface area contributed by atoms with E-state index in [-0.39, 0.29) is 17.3 Å². The van der Waals surface area contributed by atoms with Crippen molar-refractivity contribution in [2.75, 3.05) is 6.61 Å². The van der Waals surface area contributed by atoms with Gasteiger partial charge in [-0.1, -0.05) is 48.2 Å². The molecule has 0 aliphatic carbocycles. The first-order chi connectivity index (χ1) is 9.79. The molecule has 0 aliphatic heterocycles. The van der Waals surface area contributed by atoms with E-state index < -0.39 is 0 Å². The fraction of sp³-hybridized carbons (Fsp3) is 0.0625. The first-order valence-corrected chi connectivity index (χ1v) is 6.89. The van der Waals surface area contributed by atoms with Crippen molar-refractivity contribution in [2.24, 2.45) is 0 Å². The Balaban J connectivity index is 1.93. The molecule has 3 nitrogen and oxygen atoms in total. The van der Waals surface area contributed by atoms with Gasteiger partial charge < -0.3 is 9.84 Å². The minimum atomic E-state index is -0.259. The van der Waals surface area contributed by atoms with Gasteiger partial charge in [-0.25, -0.2) is 0 Å². The summed E-state index contributed by atoms with van der Waals surface area (Å²) in [5.41, 5.74) is 0. The lowest BCUT2D eigenvalue weighted by Gasteiger charge is -2.07. The van der Waals surface area contributed by atoms with E-state index in [0.29, 0.717) is 5.75 Å². The molecule has 0 spiro atoms. The summed E-state index contributed by atoms with van der Waals surface area (Å²) in [6.07, 6.45) is 0.828. The number of ether oxygens (including phenoxy) is 1. The fourth-order valence-corrected chi connectivity index (χ4v) is 2.28. The summed E-state index contributed by atoms with van der Waals surface area (Å²) < 4.78 is 5.37. The molecular formula is C16H14O3S. The van der Waals surface area contributed by atoms with Crippen LogP contribution in [-0.4, -0.2) is 17.5 Å². The third kappa shape index (κ3) is 4.17. The standard InChI is InChI=1S/C16H14O3S/c17-11-16(20-14-9-5-2-6-10-14)15(18)12-19-13-7-3-1-4-8-13/h1-11,17H,12H2/b16-11-. The molecule has 0 heterocycles. The highest BCUT2D eigenvalue weighted by Gasteiger charge is 2.12. The maximum Gasteiger partial charge on any atom is 0.209 e. The van der Waals surface area contributed by atoms with Crippen LogP contribution in [0.5, 0.6) is 5.75 Å². The normalized spacial score (nSPS) is 11.1. The van der Waals surface area contributed by atoms with Crippen LogP contribution < -0.4 is 4.74 Å². The molecule has 2 aromatic carbocycles. The van der Waals surface area contributed by atoms with Crippen LogP contribution in [0.25, 0.3) is 0 Å². The van der Waals surface area contributed by atoms with Crippen molar-refractivity contribution in [3.63, 3.8) is 0 Å². The van der Waals surface area contributed by atoms with Crippen LogP contribution in [0.15, 0.2) is 76.7 Å². The maximum absolute atomic E-state index is 12.0. The molecule has 2 rings (SSSR count). The summed E-state index contributed by atoms with van der Waals surface area (Å²) in [5, 5.41) is 9.20. The first-order valence-electron chi connectivity index (χ1n) is 6.08. The van der Waals surface area contributed by atoms with Crippen molar-refractivity contribution < 1.29 is 14.6 Å². The Morgan fingerprint density at radius 1 is 1.05 bits per heavy atom. The summed E-state index contributed by atoms with van der Waals surface area (Å²) in [6.45, 7) is -0.101. The molecular weight excluding hydrogens is 272 g/mol. The lowest BCUT2D eigenvalue weighted by Crippen LogP contribution is -2.12. The zero-order valence-corrected chi connectivity index (χ0v) is 11.5. The first kappa shape index (κ1) is 14.2. The van der Waals surface area contributed by atoms with Gasteiger partial charge in [-0.05, 0) is 24.3 Å². The molecule has 0 aromatic heterocycles. The van der Waals surface area contributed by atoms with Crippen molar-refractivity contribution in [2.45, 2.75) is 4.90 Å². The number of carbonyl (C=O) groups is 1. The number of aliphatic hydroxyl groups is 1. The minimum absolute atomic E-state index is 0.101. The number of hydrogen-bond acceptors (Lipinski definition) is 4.